The summed E-state index contributed by atoms with van der Waals surface area (Å²) in [6.45, 7) is 3.63. The Bertz CT molecular complexity index is 902. The van der Waals surface area contributed by atoms with Crippen molar-refractivity contribution in [3.8, 4) is 0 Å². The summed E-state index contributed by atoms with van der Waals surface area (Å²) in [6.07, 6.45) is 5.76. The first-order valence-corrected chi connectivity index (χ1v) is 9.40. The first-order chi connectivity index (χ1) is 13.2. The zero-order valence-corrected chi connectivity index (χ0v) is 15.5. The minimum Gasteiger partial charge on any atom is -0.317 e. The Hall–Kier alpha value is -3.08. The monoisotopic (exact) mass is 360 g/mol. The second-order valence-electron chi connectivity index (χ2n) is 7.04. The SMILES string of the molecule is Cc1ccccc1C1CCCN1C(=O)Nc1ccc(Cn2cccn2)cc1. The highest BCUT2D eigenvalue weighted by Crippen LogP contribution is 2.34. The minimum absolute atomic E-state index is 0.0272. The van der Waals surface area contributed by atoms with Gasteiger partial charge in [-0.1, -0.05) is 36.4 Å². The third kappa shape index (κ3) is 3.87. The highest BCUT2D eigenvalue weighted by atomic mass is 16.2. The number of likely N-dealkylation sites (tertiary alicyclic amines) is 1. The molecule has 0 spiro atoms. The second-order valence-corrected chi connectivity index (χ2v) is 7.04. The van der Waals surface area contributed by atoms with Gasteiger partial charge in [0.2, 0.25) is 0 Å². The molecule has 2 amide bonds. The Morgan fingerprint density at radius 1 is 1.15 bits per heavy atom. The van der Waals surface area contributed by atoms with Crippen LogP contribution < -0.4 is 5.32 Å². The zero-order chi connectivity index (χ0) is 18.6. The third-order valence-electron chi connectivity index (χ3n) is 5.17. The molecule has 1 unspecified atom stereocenters. The fourth-order valence-corrected chi connectivity index (χ4v) is 3.76. The van der Waals surface area contributed by atoms with E-state index in [9.17, 15) is 4.79 Å². The number of rotatable bonds is 4. The van der Waals surface area contributed by atoms with Crippen LogP contribution in [0.25, 0.3) is 0 Å². The number of amides is 2. The van der Waals surface area contributed by atoms with Crippen LogP contribution in [-0.2, 0) is 6.54 Å². The highest BCUT2D eigenvalue weighted by Gasteiger charge is 2.30. The largest absolute Gasteiger partial charge is 0.322 e. The number of aromatic nitrogens is 2. The van der Waals surface area contributed by atoms with E-state index in [4.69, 9.17) is 0 Å². The molecule has 5 heteroatoms. The Morgan fingerprint density at radius 2 is 1.96 bits per heavy atom. The molecule has 0 aliphatic carbocycles. The fourth-order valence-electron chi connectivity index (χ4n) is 3.76. The summed E-state index contributed by atoms with van der Waals surface area (Å²) in [6, 6.07) is 18.3. The smallest absolute Gasteiger partial charge is 0.317 e. The molecule has 0 saturated carbocycles. The lowest BCUT2D eigenvalue weighted by molar-refractivity contribution is 0.207. The highest BCUT2D eigenvalue weighted by molar-refractivity contribution is 5.89. The van der Waals surface area contributed by atoms with E-state index in [2.05, 4.69) is 35.5 Å². The van der Waals surface area contributed by atoms with E-state index in [1.807, 2.05) is 52.2 Å². The van der Waals surface area contributed by atoms with Crippen molar-refractivity contribution in [1.82, 2.24) is 14.7 Å². The molecule has 1 saturated heterocycles. The van der Waals surface area contributed by atoms with Crippen LogP contribution in [0.15, 0.2) is 67.0 Å². The number of hydrogen-bond acceptors (Lipinski definition) is 2. The van der Waals surface area contributed by atoms with Crippen molar-refractivity contribution < 1.29 is 4.79 Å². The Morgan fingerprint density at radius 3 is 2.70 bits per heavy atom. The standard InChI is InChI=1S/C22H24N4O/c1-17-6-2-3-7-20(17)21-8-4-15-26(21)22(27)24-19-11-9-18(10-12-19)16-25-14-5-13-23-25/h2-3,5-7,9-14,21H,4,8,15-16H2,1H3,(H,24,27). The third-order valence-corrected chi connectivity index (χ3v) is 5.17. The van der Waals surface area contributed by atoms with E-state index in [-0.39, 0.29) is 12.1 Å². The molecule has 4 rings (SSSR count). The van der Waals surface area contributed by atoms with Crippen LogP contribution >= 0.6 is 0 Å². The quantitative estimate of drug-likeness (QED) is 0.739. The van der Waals surface area contributed by atoms with Gasteiger partial charge < -0.3 is 10.2 Å². The van der Waals surface area contributed by atoms with Gasteiger partial charge >= 0.3 is 6.03 Å². The lowest BCUT2D eigenvalue weighted by atomic mass is 9.99. The lowest BCUT2D eigenvalue weighted by Crippen LogP contribution is -2.34. The van der Waals surface area contributed by atoms with Crippen molar-refractivity contribution in [3.05, 3.63) is 83.7 Å². The molecule has 0 radical (unpaired) electrons. The lowest BCUT2D eigenvalue weighted by Gasteiger charge is -2.26. The van der Waals surface area contributed by atoms with Gasteiger partial charge in [-0.25, -0.2) is 4.79 Å². The van der Waals surface area contributed by atoms with E-state index < -0.39 is 0 Å². The van der Waals surface area contributed by atoms with Crippen molar-refractivity contribution in [3.63, 3.8) is 0 Å². The Kier molecular flexibility index (Phi) is 4.92. The van der Waals surface area contributed by atoms with Crippen LogP contribution in [0, 0.1) is 6.92 Å². The molecular formula is C22H24N4O. The Balaban J connectivity index is 1.43. The van der Waals surface area contributed by atoms with E-state index in [0.717, 1.165) is 37.2 Å². The van der Waals surface area contributed by atoms with Crippen LogP contribution in [0.2, 0.25) is 0 Å². The van der Waals surface area contributed by atoms with Crippen LogP contribution in [0.4, 0.5) is 10.5 Å². The zero-order valence-electron chi connectivity index (χ0n) is 15.5. The molecule has 1 aliphatic heterocycles. The molecule has 1 fully saturated rings. The van der Waals surface area contributed by atoms with Crippen molar-refractivity contribution in [1.29, 1.82) is 0 Å². The molecule has 2 heterocycles. The molecule has 1 atom stereocenters. The molecule has 1 N–H and O–H groups in total. The van der Waals surface area contributed by atoms with Gasteiger partial charge in [-0.05, 0) is 54.7 Å². The molecule has 1 aromatic heterocycles. The topological polar surface area (TPSA) is 50.2 Å². The first-order valence-electron chi connectivity index (χ1n) is 9.40. The predicted octanol–water partition coefficient (Wildman–Crippen LogP) is 4.61. The normalized spacial score (nSPS) is 16.5. The van der Waals surface area contributed by atoms with Crippen molar-refractivity contribution in [2.75, 3.05) is 11.9 Å². The average molecular weight is 360 g/mol. The molecule has 5 nitrogen and oxygen atoms in total. The van der Waals surface area contributed by atoms with Gasteiger partial charge in [0.25, 0.3) is 0 Å². The summed E-state index contributed by atoms with van der Waals surface area (Å²) in [7, 11) is 0. The number of benzene rings is 2. The molecular weight excluding hydrogens is 336 g/mol. The van der Waals surface area contributed by atoms with Crippen LogP contribution in [-0.4, -0.2) is 27.3 Å². The summed E-state index contributed by atoms with van der Waals surface area (Å²) in [4.78, 5) is 14.8. The maximum atomic E-state index is 12.9. The van der Waals surface area contributed by atoms with Gasteiger partial charge in [-0.15, -0.1) is 0 Å². The predicted molar refractivity (Wildman–Crippen MR) is 107 cm³/mol. The van der Waals surface area contributed by atoms with Crippen molar-refractivity contribution in [2.45, 2.75) is 32.4 Å². The van der Waals surface area contributed by atoms with E-state index >= 15 is 0 Å². The molecule has 3 aromatic rings. The minimum atomic E-state index is -0.0272. The summed E-state index contributed by atoms with van der Waals surface area (Å²) < 4.78 is 1.88. The number of urea groups is 1. The molecule has 2 aromatic carbocycles. The van der Waals surface area contributed by atoms with E-state index in [0.29, 0.717) is 0 Å². The summed E-state index contributed by atoms with van der Waals surface area (Å²) in [5, 5.41) is 7.27. The first kappa shape index (κ1) is 17.3. The second kappa shape index (κ2) is 7.66. The summed E-state index contributed by atoms with van der Waals surface area (Å²) in [5.74, 6) is 0. The van der Waals surface area contributed by atoms with E-state index in [1.165, 1.54) is 11.1 Å². The van der Waals surface area contributed by atoms with Gasteiger partial charge in [-0.3, -0.25) is 4.68 Å². The molecule has 1 aliphatic rings. The van der Waals surface area contributed by atoms with Gasteiger partial charge in [-0.2, -0.15) is 5.10 Å². The van der Waals surface area contributed by atoms with Crippen LogP contribution in [0.1, 0.15) is 35.6 Å². The number of hydrogen-bond donors (Lipinski definition) is 1. The van der Waals surface area contributed by atoms with Gasteiger partial charge in [0.15, 0.2) is 0 Å². The van der Waals surface area contributed by atoms with E-state index in [1.54, 1.807) is 6.20 Å². The molecule has 27 heavy (non-hydrogen) atoms. The number of aryl methyl sites for hydroxylation is 1. The van der Waals surface area contributed by atoms with Crippen molar-refractivity contribution in [2.24, 2.45) is 0 Å². The van der Waals surface area contributed by atoms with Gasteiger partial charge in [0.05, 0.1) is 12.6 Å². The van der Waals surface area contributed by atoms with Crippen LogP contribution in [0.3, 0.4) is 0 Å². The maximum absolute atomic E-state index is 12.9. The number of carbonyl (C=O) groups is 1. The molecule has 138 valence electrons. The van der Waals surface area contributed by atoms with Crippen molar-refractivity contribution >= 4 is 11.7 Å². The average Bonchev–Trinajstić information content (AvgIpc) is 3.35. The maximum Gasteiger partial charge on any atom is 0.322 e. The summed E-state index contributed by atoms with van der Waals surface area (Å²) >= 11 is 0. The Labute approximate surface area is 159 Å². The molecule has 0 bridgehead atoms. The van der Waals surface area contributed by atoms with Crippen LogP contribution in [0.5, 0.6) is 0 Å². The number of nitrogens with zero attached hydrogens (tertiary/aromatic N) is 3. The number of anilines is 1. The van der Waals surface area contributed by atoms with Gasteiger partial charge in [0.1, 0.15) is 0 Å². The van der Waals surface area contributed by atoms with Gasteiger partial charge in [0, 0.05) is 24.6 Å². The fraction of sp³-hybridized carbons (Fsp3) is 0.273. The number of nitrogens with one attached hydrogen (secondary N) is 1. The summed E-state index contributed by atoms with van der Waals surface area (Å²) in [5.41, 5.74) is 4.46. The number of carbonyl (C=O) groups excluding carboxylic acids is 1.